The Morgan fingerprint density at radius 3 is 1.39 bits per heavy atom. The van der Waals surface area contributed by atoms with E-state index in [0.29, 0.717) is 0 Å². The normalized spacial score (nSPS) is 14.9. The van der Waals surface area contributed by atoms with Gasteiger partial charge in [0.2, 0.25) is 0 Å². The van der Waals surface area contributed by atoms with E-state index in [1.807, 2.05) is 0 Å². The lowest BCUT2D eigenvalue weighted by Gasteiger charge is -2.47. The van der Waals surface area contributed by atoms with E-state index < -0.39 is 8.07 Å². The van der Waals surface area contributed by atoms with Crippen molar-refractivity contribution in [3.8, 4) is 27.9 Å². The molecule has 3 aliphatic rings. The van der Waals surface area contributed by atoms with E-state index in [9.17, 15) is 0 Å². The summed E-state index contributed by atoms with van der Waals surface area (Å²) in [5.41, 5.74) is 17.3. The molecule has 2 atom stereocenters. The maximum Gasteiger partial charge on any atom is 0.179 e. The average Bonchev–Trinajstić information content (AvgIpc) is 3.72. The molecule has 1 nitrogen and oxygen atoms in total. The smallest absolute Gasteiger partial charge is 0.179 e. The lowest BCUT2D eigenvalue weighted by atomic mass is 9.60. The monoisotopic (exact) mass is 829 g/mol. The highest BCUT2D eigenvalue weighted by atomic mass is 28.3. The standard InChI is InChI=1S/C62H43NSi/c1-5-22-42(23-6-1)63-56-40-18-17-32-48(56)53-37-20-36-52(62(53)63)47-31-14-13-30-46(47)49-35-19-38-54-58-50-33-15-16-34-51(50)61(59(49)54)60-55(58)39-21-41-57(60)64(43-24-7-2-8-25-43,44-26-9-3-10-27-44)45-28-11-4-12-29-45/h1-41,58,61H. The fourth-order valence-corrected chi connectivity index (χ4v) is 17.0. The third-order valence-corrected chi connectivity index (χ3v) is 19.2. The second-order valence-corrected chi connectivity index (χ2v) is 21.2. The van der Waals surface area contributed by atoms with Crippen LogP contribution in [0.2, 0.25) is 0 Å². The van der Waals surface area contributed by atoms with Crippen LogP contribution >= 0.6 is 0 Å². The molecular weight excluding hydrogens is 787 g/mol. The minimum absolute atomic E-state index is 0.0289. The van der Waals surface area contributed by atoms with Crippen molar-refractivity contribution in [2.45, 2.75) is 11.8 Å². The van der Waals surface area contributed by atoms with Crippen molar-refractivity contribution in [3.63, 3.8) is 0 Å². The molecule has 1 aromatic heterocycles. The van der Waals surface area contributed by atoms with E-state index in [-0.39, 0.29) is 11.8 Å². The van der Waals surface area contributed by atoms with E-state index >= 15 is 0 Å². The first-order valence-corrected chi connectivity index (χ1v) is 24.5. The molecule has 0 N–H and O–H groups in total. The van der Waals surface area contributed by atoms with Crippen LogP contribution in [0, 0.1) is 0 Å². The van der Waals surface area contributed by atoms with Gasteiger partial charge in [-0.25, -0.2) is 0 Å². The van der Waals surface area contributed by atoms with Gasteiger partial charge in [0.15, 0.2) is 8.07 Å². The fraction of sp³-hybridized carbons (Fsp3) is 0.0323. The summed E-state index contributed by atoms with van der Waals surface area (Å²) in [4.78, 5) is 0. The fourth-order valence-electron chi connectivity index (χ4n) is 11.9. The summed E-state index contributed by atoms with van der Waals surface area (Å²) in [7, 11) is -2.91. The molecule has 1 heterocycles. The van der Waals surface area contributed by atoms with Crippen molar-refractivity contribution >= 4 is 50.6 Å². The molecule has 2 bridgehead atoms. The van der Waals surface area contributed by atoms with Crippen molar-refractivity contribution in [2.24, 2.45) is 0 Å². The lowest BCUT2D eigenvalue weighted by molar-refractivity contribution is 0.760. The Kier molecular flexibility index (Phi) is 8.44. The quantitative estimate of drug-likeness (QED) is 0.111. The molecule has 11 aromatic rings. The molecular formula is C62H43NSi. The highest BCUT2D eigenvalue weighted by Crippen LogP contribution is 2.58. The number of rotatable bonds is 7. The van der Waals surface area contributed by atoms with Crippen molar-refractivity contribution in [1.29, 1.82) is 0 Å². The molecule has 0 saturated carbocycles. The van der Waals surface area contributed by atoms with Gasteiger partial charge < -0.3 is 4.57 Å². The van der Waals surface area contributed by atoms with Crippen LogP contribution in [0.4, 0.5) is 0 Å². The zero-order valence-corrected chi connectivity index (χ0v) is 36.3. The van der Waals surface area contributed by atoms with Crippen LogP contribution < -0.4 is 20.7 Å². The largest absolute Gasteiger partial charge is 0.309 e. The number of benzene rings is 10. The molecule has 0 fully saturated rings. The van der Waals surface area contributed by atoms with Gasteiger partial charge in [-0.15, -0.1) is 0 Å². The third kappa shape index (κ3) is 5.24. The first kappa shape index (κ1) is 36.8. The molecule has 64 heavy (non-hydrogen) atoms. The van der Waals surface area contributed by atoms with Crippen LogP contribution in [0.15, 0.2) is 249 Å². The average molecular weight is 830 g/mol. The highest BCUT2D eigenvalue weighted by Gasteiger charge is 2.49. The van der Waals surface area contributed by atoms with Crippen LogP contribution in [-0.2, 0) is 0 Å². The van der Waals surface area contributed by atoms with Gasteiger partial charge in [-0.05, 0) is 89.0 Å². The van der Waals surface area contributed by atoms with Gasteiger partial charge in [-0.1, -0.05) is 231 Å². The zero-order chi connectivity index (χ0) is 42.2. The van der Waals surface area contributed by atoms with Crippen LogP contribution in [0.25, 0.3) is 49.7 Å². The van der Waals surface area contributed by atoms with Crippen LogP contribution in [0.1, 0.15) is 45.2 Å². The molecule has 0 spiro atoms. The third-order valence-electron chi connectivity index (χ3n) is 14.3. The van der Waals surface area contributed by atoms with E-state index in [1.165, 1.54) is 98.2 Å². The van der Waals surface area contributed by atoms with E-state index in [0.717, 1.165) is 5.69 Å². The van der Waals surface area contributed by atoms with E-state index in [2.05, 4.69) is 253 Å². The summed E-state index contributed by atoms with van der Waals surface area (Å²) in [5, 5.41) is 8.20. The molecule has 2 heteroatoms. The van der Waals surface area contributed by atoms with Crippen molar-refractivity contribution < 1.29 is 0 Å². The van der Waals surface area contributed by atoms with Gasteiger partial charge in [-0.2, -0.15) is 0 Å². The Labute approximate surface area is 375 Å². The molecule has 2 unspecified atom stereocenters. The van der Waals surface area contributed by atoms with E-state index in [1.54, 1.807) is 0 Å². The minimum atomic E-state index is -2.91. The van der Waals surface area contributed by atoms with Crippen molar-refractivity contribution in [1.82, 2.24) is 4.57 Å². The topological polar surface area (TPSA) is 4.93 Å². The second-order valence-electron chi connectivity index (χ2n) is 17.4. The summed E-state index contributed by atoms with van der Waals surface area (Å²) in [5.74, 6) is 0.137. The Morgan fingerprint density at radius 2 is 0.734 bits per heavy atom. The summed E-state index contributed by atoms with van der Waals surface area (Å²) < 4.78 is 2.47. The van der Waals surface area contributed by atoms with Gasteiger partial charge in [0, 0.05) is 33.9 Å². The van der Waals surface area contributed by atoms with Gasteiger partial charge in [0.1, 0.15) is 0 Å². The number of hydrogen-bond donors (Lipinski definition) is 0. The SMILES string of the molecule is c1ccc(-n2c3ccccc3c3cccc(-c4ccccc4-c4cccc5c4C4c6ccccc6C5c5cccc([Si](c6ccccc6)(c6ccccc6)c6ccccc6)c54)c32)cc1. The molecule has 300 valence electrons. The van der Waals surface area contributed by atoms with Crippen LogP contribution in [-0.4, -0.2) is 12.6 Å². The first-order valence-electron chi connectivity index (χ1n) is 22.5. The number of nitrogens with zero attached hydrogens (tertiary/aromatic N) is 1. The number of hydrogen-bond acceptors (Lipinski definition) is 0. The lowest BCUT2D eigenvalue weighted by Crippen LogP contribution is -2.75. The van der Waals surface area contributed by atoms with Gasteiger partial charge in [0.05, 0.1) is 11.0 Å². The molecule has 0 aliphatic heterocycles. The Balaban J connectivity index is 1.11. The van der Waals surface area contributed by atoms with Crippen molar-refractivity contribution in [3.05, 3.63) is 282 Å². The molecule has 0 saturated heterocycles. The van der Waals surface area contributed by atoms with E-state index in [4.69, 9.17) is 0 Å². The second kappa shape index (κ2) is 14.7. The molecule has 0 amide bonds. The van der Waals surface area contributed by atoms with Gasteiger partial charge in [-0.3, -0.25) is 0 Å². The molecule has 3 aliphatic carbocycles. The predicted octanol–water partition coefficient (Wildman–Crippen LogP) is 12.5. The first-order chi connectivity index (χ1) is 31.8. The number of fused-ring (bicyclic) bond motifs is 3. The van der Waals surface area contributed by atoms with Crippen molar-refractivity contribution in [2.75, 3.05) is 0 Å². The Morgan fingerprint density at radius 1 is 0.297 bits per heavy atom. The predicted molar refractivity (Wildman–Crippen MR) is 270 cm³/mol. The number of para-hydroxylation sites is 3. The minimum Gasteiger partial charge on any atom is -0.309 e. The maximum absolute atomic E-state index is 2.91. The molecule has 10 aromatic carbocycles. The van der Waals surface area contributed by atoms with Gasteiger partial charge in [0.25, 0.3) is 0 Å². The van der Waals surface area contributed by atoms with Crippen LogP contribution in [0.3, 0.4) is 0 Å². The molecule has 14 rings (SSSR count). The summed E-state index contributed by atoms with van der Waals surface area (Å²) in [6, 6.07) is 93.8. The summed E-state index contributed by atoms with van der Waals surface area (Å²) in [6.45, 7) is 0. The maximum atomic E-state index is 2.50. The van der Waals surface area contributed by atoms with Gasteiger partial charge >= 0.3 is 0 Å². The van der Waals surface area contributed by atoms with Crippen LogP contribution in [0.5, 0.6) is 0 Å². The Bertz CT molecular complexity index is 3460. The summed E-state index contributed by atoms with van der Waals surface area (Å²) in [6.07, 6.45) is 0. The summed E-state index contributed by atoms with van der Waals surface area (Å²) >= 11 is 0. The molecule has 0 radical (unpaired) electrons. The Hall–Kier alpha value is -7.78. The highest BCUT2D eigenvalue weighted by molar-refractivity contribution is 7.20. The number of aromatic nitrogens is 1. The zero-order valence-electron chi connectivity index (χ0n) is 35.3.